The van der Waals surface area contributed by atoms with Crippen molar-refractivity contribution in [2.45, 2.75) is 19.6 Å². The summed E-state index contributed by atoms with van der Waals surface area (Å²) in [7, 11) is 0. The molecule has 2 aromatic carbocycles. The first-order chi connectivity index (χ1) is 9.72. The van der Waals surface area contributed by atoms with Crippen molar-refractivity contribution in [3.05, 3.63) is 60.7 Å². The zero-order chi connectivity index (χ0) is 14.4. The quantitative estimate of drug-likeness (QED) is 0.595. The van der Waals surface area contributed by atoms with E-state index in [1.165, 1.54) is 0 Å². The molecule has 0 saturated carbocycles. The number of benzene rings is 2. The number of hydrogen-bond donors (Lipinski definition) is 0. The molecule has 3 heteroatoms. The van der Waals surface area contributed by atoms with Crippen molar-refractivity contribution in [2.75, 3.05) is 6.61 Å². The summed E-state index contributed by atoms with van der Waals surface area (Å²) in [4.78, 5) is 11.8. The van der Waals surface area contributed by atoms with E-state index in [2.05, 4.69) is 6.58 Å². The van der Waals surface area contributed by atoms with Crippen molar-refractivity contribution in [3.63, 3.8) is 0 Å². The number of esters is 1. The molecule has 3 nitrogen and oxygen atoms in total. The third kappa shape index (κ3) is 3.45. The van der Waals surface area contributed by atoms with E-state index >= 15 is 0 Å². The predicted molar refractivity (Wildman–Crippen MR) is 79.4 cm³/mol. The van der Waals surface area contributed by atoms with Crippen molar-refractivity contribution in [3.8, 4) is 0 Å². The summed E-state index contributed by atoms with van der Waals surface area (Å²) in [6, 6.07) is 14.0. The summed E-state index contributed by atoms with van der Waals surface area (Å²) in [6.07, 6.45) is 1.03. The van der Waals surface area contributed by atoms with Gasteiger partial charge >= 0.3 is 5.97 Å². The van der Waals surface area contributed by atoms with Crippen molar-refractivity contribution < 1.29 is 14.3 Å². The van der Waals surface area contributed by atoms with E-state index in [4.69, 9.17) is 9.47 Å². The Bertz CT molecular complexity index is 599. The van der Waals surface area contributed by atoms with Crippen molar-refractivity contribution >= 4 is 16.7 Å². The van der Waals surface area contributed by atoms with Crippen molar-refractivity contribution in [1.29, 1.82) is 0 Å². The van der Waals surface area contributed by atoms with Crippen LogP contribution in [0.4, 0.5) is 0 Å². The highest BCUT2D eigenvalue weighted by molar-refractivity contribution is 5.85. The lowest BCUT2D eigenvalue weighted by Gasteiger charge is -2.12. The van der Waals surface area contributed by atoms with Crippen LogP contribution in [-0.2, 0) is 20.9 Å². The van der Waals surface area contributed by atoms with Gasteiger partial charge in [0, 0.05) is 0 Å². The Morgan fingerprint density at radius 3 is 2.80 bits per heavy atom. The van der Waals surface area contributed by atoms with Crippen LogP contribution in [0.1, 0.15) is 12.5 Å². The fourth-order valence-electron chi connectivity index (χ4n) is 1.97. The van der Waals surface area contributed by atoms with Crippen LogP contribution < -0.4 is 0 Å². The maximum absolute atomic E-state index is 11.8. The smallest absolute Gasteiger partial charge is 0.335 e. The molecule has 2 aromatic rings. The average Bonchev–Trinajstić information content (AvgIpc) is 2.50. The summed E-state index contributed by atoms with van der Waals surface area (Å²) in [6.45, 7) is 5.81. The molecule has 0 aliphatic rings. The fourth-order valence-corrected chi connectivity index (χ4v) is 1.97. The fraction of sp³-hybridized carbons (Fsp3) is 0.235. The highest BCUT2D eigenvalue weighted by atomic mass is 16.6. The summed E-state index contributed by atoms with van der Waals surface area (Å²) >= 11 is 0. The second-order valence-electron chi connectivity index (χ2n) is 4.51. The van der Waals surface area contributed by atoms with Gasteiger partial charge < -0.3 is 9.47 Å². The van der Waals surface area contributed by atoms with E-state index in [1.807, 2.05) is 42.5 Å². The van der Waals surface area contributed by atoms with Gasteiger partial charge in [0.15, 0.2) is 6.10 Å². The zero-order valence-electron chi connectivity index (χ0n) is 11.5. The monoisotopic (exact) mass is 270 g/mol. The van der Waals surface area contributed by atoms with Crippen LogP contribution in [0.2, 0.25) is 0 Å². The largest absolute Gasteiger partial charge is 0.459 e. The van der Waals surface area contributed by atoms with Gasteiger partial charge in [-0.15, -0.1) is 6.58 Å². The maximum Gasteiger partial charge on any atom is 0.335 e. The SMILES string of the molecule is C=CCOC(C)C(=O)OCc1cccc2ccccc12. The van der Waals surface area contributed by atoms with E-state index < -0.39 is 6.10 Å². The Hall–Kier alpha value is -2.13. The van der Waals surface area contributed by atoms with Gasteiger partial charge in [0.2, 0.25) is 0 Å². The number of ether oxygens (including phenoxy) is 2. The summed E-state index contributed by atoms with van der Waals surface area (Å²) in [5.74, 6) is -0.361. The van der Waals surface area contributed by atoms with Crippen LogP contribution in [0.15, 0.2) is 55.1 Å². The molecule has 0 aromatic heterocycles. The van der Waals surface area contributed by atoms with Gasteiger partial charge in [0.1, 0.15) is 6.61 Å². The highest BCUT2D eigenvalue weighted by Crippen LogP contribution is 2.19. The van der Waals surface area contributed by atoms with E-state index in [9.17, 15) is 4.79 Å². The Morgan fingerprint density at radius 1 is 1.25 bits per heavy atom. The van der Waals surface area contributed by atoms with Gasteiger partial charge in [0.25, 0.3) is 0 Å². The Morgan fingerprint density at radius 2 is 2.00 bits per heavy atom. The van der Waals surface area contributed by atoms with Gasteiger partial charge in [-0.1, -0.05) is 48.5 Å². The van der Waals surface area contributed by atoms with E-state index in [0.717, 1.165) is 16.3 Å². The van der Waals surface area contributed by atoms with Crippen LogP contribution in [0, 0.1) is 0 Å². The first-order valence-electron chi connectivity index (χ1n) is 6.58. The van der Waals surface area contributed by atoms with E-state index in [1.54, 1.807) is 13.0 Å². The average molecular weight is 270 g/mol. The van der Waals surface area contributed by atoms with Crippen molar-refractivity contribution in [2.24, 2.45) is 0 Å². The third-order valence-corrected chi connectivity index (χ3v) is 3.05. The van der Waals surface area contributed by atoms with Crippen LogP contribution in [0.25, 0.3) is 10.8 Å². The minimum Gasteiger partial charge on any atom is -0.459 e. The molecule has 0 bridgehead atoms. The second-order valence-corrected chi connectivity index (χ2v) is 4.51. The lowest BCUT2D eigenvalue weighted by atomic mass is 10.1. The molecule has 0 spiro atoms. The van der Waals surface area contributed by atoms with Gasteiger partial charge in [-0.3, -0.25) is 0 Å². The first kappa shape index (κ1) is 14.3. The third-order valence-electron chi connectivity index (χ3n) is 3.05. The van der Waals surface area contributed by atoms with Crippen LogP contribution in [0.5, 0.6) is 0 Å². The molecule has 0 fully saturated rings. The minimum absolute atomic E-state index is 0.252. The number of carbonyl (C=O) groups is 1. The van der Waals surface area contributed by atoms with Crippen LogP contribution in [-0.4, -0.2) is 18.7 Å². The maximum atomic E-state index is 11.8. The lowest BCUT2D eigenvalue weighted by molar-refractivity contribution is -0.156. The molecule has 2 rings (SSSR count). The number of rotatable bonds is 6. The molecule has 1 unspecified atom stereocenters. The number of fused-ring (bicyclic) bond motifs is 1. The lowest BCUT2D eigenvalue weighted by Crippen LogP contribution is -2.23. The molecule has 0 aliphatic heterocycles. The summed E-state index contributed by atoms with van der Waals surface area (Å²) in [5, 5.41) is 2.24. The number of hydrogen-bond acceptors (Lipinski definition) is 3. The topological polar surface area (TPSA) is 35.5 Å². The minimum atomic E-state index is -0.581. The molecule has 0 heterocycles. The highest BCUT2D eigenvalue weighted by Gasteiger charge is 2.14. The Balaban J connectivity index is 2.02. The molecular formula is C17H18O3. The molecule has 0 radical (unpaired) electrons. The normalized spacial score (nSPS) is 12.1. The molecule has 20 heavy (non-hydrogen) atoms. The second kappa shape index (κ2) is 6.87. The van der Waals surface area contributed by atoms with Gasteiger partial charge in [-0.2, -0.15) is 0 Å². The van der Waals surface area contributed by atoms with Crippen LogP contribution in [0.3, 0.4) is 0 Å². The molecule has 0 N–H and O–H groups in total. The predicted octanol–water partition coefficient (Wildman–Crippen LogP) is 3.47. The van der Waals surface area contributed by atoms with E-state index in [-0.39, 0.29) is 12.6 Å². The first-order valence-corrected chi connectivity index (χ1v) is 6.58. The zero-order valence-corrected chi connectivity index (χ0v) is 11.5. The number of carbonyl (C=O) groups excluding carboxylic acids is 1. The molecular weight excluding hydrogens is 252 g/mol. The van der Waals surface area contributed by atoms with Crippen molar-refractivity contribution in [1.82, 2.24) is 0 Å². The van der Waals surface area contributed by atoms with Crippen LogP contribution >= 0.6 is 0 Å². The molecule has 0 amide bonds. The van der Waals surface area contributed by atoms with Gasteiger partial charge in [-0.05, 0) is 23.3 Å². The summed E-state index contributed by atoms with van der Waals surface area (Å²) in [5.41, 5.74) is 0.993. The summed E-state index contributed by atoms with van der Waals surface area (Å²) < 4.78 is 10.5. The molecule has 104 valence electrons. The Labute approximate surface area is 118 Å². The van der Waals surface area contributed by atoms with Gasteiger partial charge in [0.05, 0.1) is 6.61 Å². The standard InChI is InChI=1S/C17H18O3/c1-3-11-19-13(2)17(18)20-12-15-9-6-8-14-7-4-5-10-16(14)15/h3-10,13H,1,11-12H2,2H3. The molecule has 0 saturated heterocycles. The van der Waals surface area contributed by atoms with E-state index in [0.29, 0.717) is 6.61 Å². The molecule has 1 atom stereocenters. The van der Waals surface area contributed by atoms with Gasteiger partial charge in [-0.25, -0.2) is 4.79 Å². The Kier molecular flexibility index (Phi) is 4.91. The molecule has 0 aliphatic carbocycles.